The van der Waals surface area contributed by atoms with E-state index in [1.807, 2.05) is 0 Å². The van der Waals surface area contributed by atoms with Crippen molar-refractivity contribution in [1.29, 1.82) is 0 Å². The molecule has 2 aromatic carbocycles. The Kier molecular flexibility index (Phi) is 6.36. The van der Waals surface area contributed by atoms with Crippen LogP contribution in [0.15, 0.2) is 53.2 Å². The summed E-state index contributed by atoms with van der Waals surface area (Å²) in [6.45, 7) is 1.29. The number of carbonyl (C=O) groups is 2. The summed E-state index contributed by atoms with van der Waals surface area (Å²) in [6, 6.07) is 10.1. The van der Waals surface area contributed by atoms with Crippen LogP contribution in [0.2, 0.25) is 10.0 Å². The highest BCUT2D eigenvalue weighted by Crippen LogP contribution is 2.30. The van der Waals surface area contributed by atoms with Gasteiger partial charge in [-0.3, -0.25) is 4.79 Å². The lowest BCUT2D eigenvalue weighted by atomic mass is 10.1. The van der Waals surface area contributed by atoms with Crippen LogP contribution in [-0.2, 0) is 14.3 Å². The lowest BCUT2D eigenvalue weighted by molar-refractivity contribution is -0.132. The molecule has 0 bridgehead atoms. The SMILES string of the molecule is COc1ccc(C=C2N=C(C=Cc3cccc(Cl)c3Cl)OC2=O)cc1OC(C)=O. The Hall–Kier alpha value is -3.09. The monoisotopic (exact) mass is 431 g/mol. The summed E-state index contributed by atoms with van der Waals surface area (Å²) in [5.41, 5.74) is 1.35. The minimum Gasteiger partial charge on any atom is -0.493 e. The number of nitrogens with zero attached hydrogens (tertiary/aromatic N) is 1. The van der Waals surface area contributed by atoms with E-state index in [4.69, 9.17) is 37.4 Å². The molecule has 0 amide bonds. The number of carbonyl (C=O) groups excluding carboxylic acids is 2. The van der Waals surface area contributed by atoms with Crippen LogP contribution in [0.4, 0.5) is 0 Å². The molecule has 0 N–H and O–H groups in total. The van der Waals surface area contributed by atoms with Gasteiger partial charge in [0.25, 0.3) is 0 Å². The van der Waals surface area contributed by atoms with Gasteiger partial charge < -0.3 is 14.2 Å². The highest BCUT2D eigenvalue weighted by Gasteiger charge is 2.21. The first kappa shape index (κ1) is 20.6. The molecule has 1 aliphatic rings. The summed E-state index contributed by atoms with van der Waals surface area (Å²) in [7, 11) is 1.46. The van der Waals surface area contributed by atoms with Gasteiger partial charge in [-0.15, -0.1) is 0 Å². The van der Waals surface area contributed by atoms with Crippen molar-refractivity contribution in [3.8, 4) is 11.5 Å². The molecule has 2 aromatic rings. The molecule has 29 heavy (non-hydrogen) atoms. The highest BCUT2D eigenvalue weighted by molar-refractivity contribution is 6.42. The third-order valence-electron chi connectivity index (χ3n) is 3.77. The Labute approximate surface area is 177 Å². The number of hydrogen-bond acceptors (Lipinski definition) is 6. The van der Waals surface area contributed by atoms with Gasteiger partial charge in [-0.1, -0.05) is 41.4 Å². The minimum absolute atomic E-state index is 0.0979. The zero-order valence-corrected chi connectivity index (χ0v) is 17.0. The summed E-state index contributed by atoms with van der Waals surface area (Å²) in [6.07, 6.45) is 4.69. The molecule has 1 aliphatic heterocycles. The maximum absolute atomic E-state index is 12.1. The van der Waals surface area contributed by atoms with E-state index in [1.165, 1.54) is 26.2 Å². The van der Waals surface area contributed by atoms with Gasteiger partial charge in [0.2, 0.25) is 5.90 Å². The van der Waals surface area contributed by atoms with Gasteiger partial charge in [0.15, 0.2) is 17.2 Å². The van der Waals surface area contributed by atoms with E-state index in [0.29, 0.717) is 26.9 Å². The second kappa shape index (κ2) is 8.94. The molecule has 0 saturated heterocycles. The first-order valence-electron chi connectivity index (χ1n) is 8.38. The van der Waals surface area contributed by atoms with Crippen molar-refractivity contribution >= 4 is 53.2 Å². The van der Waals surface area contributed by atoms with E-state index in [1.54, 1.807) is 42.5 Å². The van der Waals surface area contributed by atoms with Crippen molar-refractivity contribution in [2.45, 2.75) is 6.92 Å². The quantitative estimate of drug-likeness (QED) is 0.380. The molecular weight excluding hydrogens is 417 g/mol. The highest BCUT2D eigenvalue weighted by atomic mass is 35.5. The Morgan fingerprint density at radius 2 is 1.93 bits per heavy atom. The van der Waals surface area contributed by atoms with E-state index >= 15 is 0 Å². The van der Waals surface area contributed by atoms with Crippen LogP contribution in [0.5, 0.6) is 11.5 Å². The fraction of sp³-hybridized carbons (Fsp3) is 0.0952. The molecule has 0 unspecified atom stereocenters. The van der Waals surface area contributed by atoms with Gasteiger partial charge in [-0.2, -0.15) is 0 Å². The van der Waals surface area contributed by atoms with Gasteiger partial charge in [0, 0.05) is 13.0 Å². The molecular formula is C21H15Cl2NO5. The Bertz CT molecular complexity index is 1070. The van der Waals surface area contributed by atoms with Crippen LogP contribution in [0, 0.1) is 0 Å². The molecule has 0 spiro atoms. The summed E-state index contributed by atoms with van der Waals surface area (Å²) in [4.78, 5) is 27.5. The number of ether oxygens (including phenoxy) is 3. The molecule has 0 aromatic heterocycles. The number of aliphatic imine (C=N–C) groups is 1. The van der Waals surface area contributed by atoms with Crippen LogP contribution in [0.3, 0.4) is 0 Å². The summed E-state index contributed by atoms with van der Waals surface area (Å²) >= 11 is 12.1. The Balaban J connectivity index is 1.86. The van der Waals surface area contributed by atoms with Gasteiger partial charge in [0.05, 0.1) is 17.2 Å². The van der Waals surface area contributed by atoms with Gasteiger partial charge in [0.1, 0.15) is 0 Å². The largest absolute Gasteiger partial charge is 0.493 e. The maximum Gasteiger partial charge on any atom is 0.363 e. The third kappa shape index (κ3) is 5.04. The molecule has 6 nitrogen and oxygen atoms in total. The van der Waals surface area contributed by atoms with Crippen molar-refractivity contribution in [2.24, 2.45) is 4.99 Å². The molecule has 0 aliphatic carbocycles. The average molecular weight is 432 g/mol. The molecule has 8 heteroatoms. The van der Waals surface area contributed by atoms with Gasteiger partial charge >= 0.3 is 11.9 Å². The number of rotatable bonds is 5. The number of esters is 2. The van der Waals surface area contributed by atoms with Gasteiger partial charge in [-0.05, 0) is 41.5 Å². The third-order valence-corrected chi connectivity index (χ3v) is 4.60. The fourth-order valence-electron chi connectivity index (χ4n) is 2.48. The average Bonchev–Trinajstić information content (AvgIpc) is 3.02. The number of benzene rings is 2. The Morgan fingerprint density at radius 1 is 1.14 bits per heavy atom. The maximum atomic E-state index is 12.1. The van der Waals surface area contributed by atoms with Crippen molar-refractivity contribution in [3.63, 3.8) is 0 Å². The minimum atomic E-state index is -0.605. The topological polar surface area (TPSA) is 74.2 Å². The summed E-state index contributed by atoms with van der Waals surface area (Å²) in [5, 5.41) is 0.810. The van der Waals surface area contributed by atoms with Gasteiger partial charge in [-0.25, -0.2) is 9.79 Å². The first-order chi connectivity index (χ1) is 13.9. The van der Waals surface area contributed by atoms with Crippen molar-refractivity contribution in [1.82, 2.24) is 0 Å². The van der Waals surface area contributed by atoms with Crippen molar-refractivity contribution in [2.75, 3.05) is 7.11 Å². The van der Waals surface area contributed by atoms with E-state index in [9.17, 15) is 9.59 Å². The van der Waals surface area contributed by atoms with Crippen molar-refractivity contribution < 1.29 is 23.8 Å². The molecule has 1 heterocycles. The lowest BCUT2D eigenvalue weighted by Gasteiger charge is -2.08. The molecule has 148 valence electrons. The lowest BCUT2D eigenvalue weighted by Crippen LogP contribution is -2.03. The predicted octanol–water partition coefficient (Wildman–Crippen LogP) is 4.94. The zero-order valence-electron chi connectivity index (χ0n) is 15.4. The van der Waals surface area contributed by atoms with Crippen LogP contribution in [0.1, 0.15) is 18.1 Å². The smallest absolute Gasteiger partial charge is 0.363 e. The number of halogens is 2. The van der Waals surface area contributed by atoms with Crippen LogP contribution < -0.4 is 9.47 Å². The van der Waals surface area contributed by atoms with Crippen LogP contribution in [0.25, 0.3) is 12.2 Å². The van der Waals surface area contributed by atoms with E-state index in [2.05, 4.69) is 4.99 Å². The van der Waals surface area contributed by atoms with Crippen LogP contribution in [-0.4, -0.2) is 24.9 Å². The summed E-state index contributed by atoms with van der Waals surface area (Å²) < 4.78 is 15.4. The molecule has 0 atom stereocenters. The number of hydrogen-bond donors (Lipinski definition) is 0. The number of cyclic esters (lactones) is 1. The normalized spacial score (nSPS) is 14.8. The molecule has 0 radical (unpaired) electrons. The van der Waals surface area contributed by atoms with Crippen molar-refractivity contribution in [3.05, 3.63) is 69.3 Å². The predicted molar refractivity (Wildman–Crippen MR) is 111 cm³/mol. The summed E-state index contributed by atoms with van der Waals surface area (Å²) in [5.74, 6) is -0.349. The molecule has 3 rings (SSSR count). The molecule has 0 saturated carbocycles. The van der Waals surface area contributed by atoms with E-state index < -0.39 is 11.9 Å². The fourth-order valence-corrected chi connectivity index (χ4v) is 2.85. The standard InChI is InChI=1S/C21H15Cl2NO5/c1-12(25)28-18-11-13(6-8-17(18)27-2)10-16-21(26)29-19(24-16)9-7-14-4-3-5-15(22)20(14)23/h3-11H,1-2H3. The first-order valence-corrected chi connectivity index (χ1v) is 9.14. The van der Waals surface area contributed by atoms with E-state index in [0.717, 1.165) is 0 Å². The van der Waals surface area contributed by atoms with E-state index in [-0.39, 0.29) is 17.3 Å². The second-order valence-electron chi connectivity index (χ2n) is 5.85. The molecule has 0 fully saturated rings. The second-order valence-corrected chi connectivity index (χ2v) is 6.63. The zero-order chi connectivity index (χ0) is 21.0. The van der Waals surface area contributed by atoms with Crippen LogP contribution >= 0.6 is 23.2 Å². The number of methoxy groups -OCH3 is 1. The Morgan fingerprint density at radius 3 is 2.66 bits per heavy atom.